The number of hydrogen-bond donors (Lipinski definition) is 2. The van der Waals surface area contributed by atoms with Crippen molar-refractivity contribution in [3.8, 4) is 0 Å². The van der Waals surface area contributed by atoms with E-state index in [0.717, 1.165) is 30.3 Å². The number of aliphatic hydroxyl groups excluding tert-OH is 1. The molecule has 2 aliphatic rings. The van der Waals surface area contributed by atoms with Crippen molar-refractivity contribution < 1.29 is 23.9 Å². The first kappa shape index (κ1) is 21.2. The van der Waals surface area contributed by atoms with Crippen LogP contribution in [0.15, 0.2) is 27.5 Å². The summed E-state index contributed by atoms with van der Waals surface area (Å²) in [6.45, 7) is 3.87. The molecule has 2 aromatic heterocycles. The second-order valence-corrected chi connectivity index (χ2v) is 9.15. The van der Waals surface area contributed by atoms with Crippen molar-refractivity contribution in [2.45, 2.75) is 57.6 Å². The van der Waals surface area contributed by atoms with Crippen molar-refractivity contribution in [3.63, 3.8) is 0 Å². The third-order valence-electron chi connectivity index (χ3n) is 7.07. The lowest BCUT2D eigenvalue weighted by Crippen LogP contribution is -2.51. The maximum atomic E-state index is 13.4. The summed E-state index contributed by atoms with van der Waals surface area (Å²) in [6, 6.07) is 4.45. The van der Waals surface area contributed by atoms with Gasteiger partial charge in [-0.2, -0.15) is 4.65 Å². The van der Waals surface area contributed by atoms with Crippen LogP contribution in [0.3, 0.4) is 0 Å². The first-order chi connectivity index (χ1) is 15.3. The molecule has 0 radical (unpaired) electrons. The van der Waals surface area contributed by atoms with Crippen LogP contribution in [0.4, 0.5) is 4.39 Å². The van der Waals surface area contributed by atoms with Crippen LogP contribution in [-0.4, -0.2) is 49.3 Å². The molecule has 1 unspecified atom stereocenters. The highest BCUT2D eigenvalue weighted by molar-refractivity contribution is 5.79. The molecule has 0 spiro atoms. The van der Waals surface area contributed by atoms with E-state index in [1.54, 1.807) is 17.6 Å². The van der Waals surface area contributed by atoms with E-state index in [1.807, 2.05) is 0 Å². The largest absolute Gasteiger partial charge is 0.385 e. The third kappa shape index (κ3) is 3.74. The number of fused-ring (bicyclic) bond motifs is 2. The summed E-state index contributed by atoms with van der Waals surface area (Å²) in [5.41, 5.74) is 2.40. The molecule has 5 rings (SSSR count). The van der Waals surface area contributed by atoms with Crippen LogP contribution < -0.4 is 5.56 Å². The zero-order valence-corrected chi connectivity index (χ0v) is 18.1. The minimum absolute atomic E-state index is 0.103. The summed E-state index contributed by atoms with van der Waals surface area (Å²) >= 11 is 0. The van der Waals surface area contributed by atoms with Gasteiger partial charge in [0.05, 0.1) is 5.69 Å². The number of nitrogens with zero attached hydrogens (tertiary/aromatic N) is 4. The van der Waals surface area contributed by atoms with Crippen LogP contribution in [0.25, 0.3) is 11.0 Å². The number of aryl methyl sites for hydroxylation is 1. The normalized spacial score (nSPS) is 25.8. The summed E-state index contributed by atoms with van der Waals surface area (Å²) in [4.78, 5) is 17.5. The molecule has 1 saturated heterocycles. The minimum atomic E-state index is -0.691. The topological polar surface area (TPSA) is 101 Å². The number of rotatable bonds is 4. The smallest absolute Gasteiger partial charge is 0.257 e. The number of halogens is 1. The molecule has 0 amide bonds. The van der Waals surface area contributed by atoms with Gasteiger partial charge in [0.1, 0.15) is 37.4 Å². The fourth-order valence-electron chi connectivity index (χ4n) is 5.14. The highest BCUT2D eigenvalue weighted by Crippen LogP contribution is 2.34. The lowest BCUT2D eigenvalue weighted by molar-refractivity contribution is -1.10. The van der Waals surface area contributed by atoms with Crippen molar-refractivity contribution in [3.05, 3.63) is 57.1 Å². The highest BCUT2D eigenvalue weighted by atomic mass is 19.1. The molecule has 32 heavy (non-hydrogen) atoms. The van der Waals surface area contributed by atoms with E-state index in [4.69, 9.17) is 4.52 Å². The molecule has 2 N–H and O–H groups in total. The summed E-state index contributed by atoms with van der Waals surface area (Å²) in [6.07, 6.45) is 2.57. The highest BCUT2D eigenvalue weighted by Gasteiger charge is 2.36. The minimum Gasteiger partial charge on any atom is -0.385 e. The number of aliphatic hydroxyl groups is 1. The summed E-state index contributed by atoms with van der Waals surface area (Å²) in [5.74, 6) is 0.238. The van der Waals surface area contributed by atoms with Gasteiger partial charge in [0.2, 0.25) is 0 Å². The lowest BCUT2D eigenvalue weighted by atomic mass is 9.91. The van der Waals surface area contributed by atoms with E-state index in [1.165, 1.54) is 12.1 Å². The molecule has 0 aliphatic carbocycles. The molecule has 8 nitrogen and oxygen atoms in total. The molecule has 1 atom stereocenters. The second kappa shape index (κ2) is 8.06. The first-order valence-corrected chi connectivity index (χ1v) is 11.3. The Hall–Kier alpha value is -2.62. The Kier molecular flexibility index (Phi) is 5.35. The number of quaternary nitrogens is 1. The van der Waals surface area contributed by atoms with Crippen LogP contribution in [0.5, 0.6) is 0 Å². The van der Waals surface area contributed by atoms with Gasteiger partial charge >= 0.3 is 0 Å². The maximum Gasteiger partial charge on any atom is 0.257 e. The summed E-state index contributed by atoms with van der Waals surface area (Å²) < 4.78 is 20.2. The van der Waals surface area contributed by atoms with Crippen LogP contribution >= 0.6 is 0 Å². The van der Waals surface area contributed by atoms with Crippen LogP contribution in [0.1, 0.15) is 60.5 Å². The van der Waals surface area contributed by atoms with Crippen molar-refractivity contribution >= 4 is 11.0 Å². The molecule has 0 saturated carbocycles. The number of aromatic nitrogens is 3. The van der Waals surface area contributed by atoms with E-state index in [0.29, 0.717) is 61.7 Å². The monoisotopic (exact) mass is 443 g/mol. The van der Waals surface area contributed by atoms with E-state index in [9.17, 15) is 19.5 Å². The fraction of sp³-hybridized carbons (Fsp3) is 0.522. The molecule has 170 valence electrons. The zero-order valence-electron chi connectivity index (χ0n) is 18.1. The number of hydrogen-bond acceptors (Lipinski definition) is 6. The van der Waals surface area contributed by atoms with Crippen molar-refractivity contribution in [2.75, 3.05) is 19.6 Å². The Labute approximate surface area is 184 Å². The van der Waals surface area contributed by atoms with Gasteiger partial charge in [-0.25, -0.2) is 14.6 Å². The molecule has 0 bridgehead atoms. The molecular formula is C23H28FN4O4+. The summed E-state index contributed by atoms with van der Waals surface area (Å²) in [7, 11) is 0. The lowest BCUT2D eigenvalue weighted by Gasteiger charge is -2.36. The quantitative estimate of drug-likeness (QED) is 0.601. The van der Waals surface area contributed by atoms with E-state index in [-0.39, 0.29) is 21.9 Å². The van der Waals surface area contributed by atoms with E-state index >= 15 is 0 Å². The molecule has 1 fully saturated rings. The number of benzene rings is 1. The van der Waals surface area contributed by atoms with E-state index < -0.39 is 6.10 Å². The average molecular weight is 443 g/mol. The first-order valence-electron chi connectivity index (χ1n) is 11.3. The average Bonchev–Trinajstić information content (AvgIpc) is 3.18. The van der Waals surface area contributed by atoms with Gasteiger partial charge in [-0.3, -0.25) is 9.36 Å². The van der Waals surface area contributed by atoms with Crippen molar-refractivity contribution in [2.24, 2.45) is 0 Å². The molecule has 3 aromatic rings. The SMILES string of the molecule is Cc1nc2n(c(=O)c1CC[N+]1(O)CCC(c3noc4cc(F)ccc34)CC1)CCCC2O. The predicted molar refractivity (Wildman–Crippen MR) is 114 cm³/mol. The Morgan fingerprint density at radius 1 is 1.28 bits per heavy atom. The van der Waals surface area contributed by atoms with Crippen molar-refractivity contribution in [1.82, 2.24) is 14.7 Å². The Bertz CT molecular complexity index is 1210. The van der Waals surface area contributed by atoms with Gasteiger partial charge in [-0.1, -0.05) is 5.16 Å². The van der Waals surface area contributed by atoms with Gasteiger partial charge < -0.3 is 9.63 Å². The third-order valence-corrected chi connectivity index (χ3v) is 7.07. The predicted octanol–water partition coefficient (Wildman–Crippen LogP) is 2.99. The Balaban J connectivity index is 1.28. The van der Waals surface area contributed by atoms with Crippen LogP contribution in [0.2, 0.25) is 0 Å². The van der Waals surface area contributed by atoms with Crippen molar-refractivity contribution in [1.29, 1.82) is 0 Å². The molecule has 9 heteroatoms. The maximum absolute atomic E-state index is 13.4. The second-order valence-electron chi connectivity index (χ2n) is 9.15. The molecule has 4 heterocycles. The van der Waals surface area contributed by atoms with Crippen LogP contribution in [-0.2, 0) is 13.0 Å². The fourth-order valence-corrected chi connectivity index (χ4v) is 5.14. The van der Waals surface area contributed by atoms with Gasteiger partial charge in [0.15, 0.2) is 5.58 Å². The van der Waals surface area contributed by atoms with Gasteiger partial charge in [-0.15, -0.1) is 0 Å². The zero-order chi connectivity index (χ0) is 22.5. The van der Waals surface area contributed by atoms with E-state index in [2.05, 4.69) is 10.1 Å². The van der Waals surface area contributed by atoms with Gasteiger partial charge in [0, 0.05) is 54.4 Å². The molecule has 2 aliphatic heterocycles. The number of piperidine rings is 1. The van der Waals surface area contributed by atoms with Crippen LogP contribution in [0, 0.1) is 12.7 Å². The van der Waals surface area contributed by atoms with Gasteiger partial charge in [0.25, 0.3) is 5.56 Å². The Morgan fingerprint density at radius 2 is 2.06 bits per heavy atom. The summed E-state index contributed by atoms with van der Waals surface area (Å²) in [5, 5.41) is 26.3. The number of likely N-dealkylation sites (tertiary alicyclic amines) is 1. The molecule has 1 aromatic carbocycles. The number of hydroxylamine groups is 3. The molecular weight excluding hydrogens is 415 g/mol. The van der Waals surface area contributed by atoms with Gasteiger partial charge in [-0.05, 0) is 31.9 Å². The standard InChI is InChI=1S/C23H28FN4O4/c1-14-17(23(30)27-9-2-3-19(29)22(27)25-14)8-12-28(31)10-6-15(7-11-28)21-18-5-4-16(24)13-20(18)32-26-21/h4-5,13,15,19,29,31H,2-3,6-12H2,1H3/q+1. The Morgan fingerprint density at radius 3 is 2.84 bits per heavy atom.